The minimum absolute atomic E-state index is 0.0375. The highest BCUT2D eigenvalue weighted by Crippen LogP contribution is 2.17. The summed E-state index contributed by atoms with van der Waals surface area (Å²) in [4.78, 5) is 0. The van der Waals surface area contributed by atoms with Crippen molar-refractivity contribution in [3.05, 3.63) is 29.8 Å². The number of hydrogen-bond donors (Lipinski definition) is 1. The Kier molecular flexibility index (Phi) is 5.29. The lowest BCUT2D eigenvalue weighted by molar-refractivity contribution is 0.0552. The minimum atomic E-state index is 0.0375. The maximum atomic E-state index is 5.80. The first-order chi connectivity index (χ1) is 7.59. The number of rotatable bonds is 6. The van der Waals surface area contributed by atoms with Crippen molar-refractivity contribution in [3.63, 3.8) is 0 Å². The van der Waals surface area contributed by atoms with Crippen molar-refractivity contribution in [1.82, 2.24) is 0 Å². The van der Waals surface area contributed by atoms with Crippen LogP contribution in [0.25, 0.3) is 0 Å². The monoisotopic (exact) mass is 223 g/mol. The Morgan fingerprint density at radius 1 is 1.19 bits per heavy atom. The summed E-state index contributed by atoms with van der Waals surface area (Å²) < 4.78 is 11.0. The molecule has 0 bridgehead atoms. The van der Waals surface area contributed by atoms with E-state index >= 15 is 0 Å². The molecule has 0 saturated carbocycles. The van der Waals surface area contributed by atoms with Crippen molar-refractivity contribution >= 4 is 0 Å². The predicted molar refractivity (Wildman–Crippen MR) is 65.6 cm³/mol. The van der Waals surface area contributed by atoms with Gasteiger partial charge in [0.15, 0.2) is 0 Å². The SMILES string of the molecule is CC(C)OCCOc1cccc(C(C)N)c1. The standard InChI is InChI=1S/C13H21NO2/c1-10(2)15-7-8-16-13-6-4-5-12(9-13)11(3)14/h4-6,9-11H,7-8,14H2,1-3H3. The summed E-state index contributed by atoms with van der Waals surface area (Å²) in [5.41, 5.74) is 6.88. The molecule has 1 rings (SSSR count). The number of hydrogen-bond acceptors (Lipinski definition) is 3. The predicted octanol–water partition coefficient (Wildman–Crippen LogP) is 2.51. The van der Waals surface area contributed by atoms with Crippen LogP contribution in [0.4, 0.5) is 0 Å². The van der Waals surface area contributed by atoms with Gasteiger partial charge < -0.3 is 15.2 Å². The smallest absolute Gasteiger partial charge is 0.119 e. The van der Waals surface area contributed by atoms with Gasteiger partial charge in [0.05, 0.1) is 12.7 Å². The van der Waals surface area contributed by atoms with Gasteiger partial charge in [-0.25, -0.2) is 0 Å². The Morgan fingerprint density at radius 3 is 2.56 bits per heavy atom. The van der Waals surface area contributed by atoms with Crippen molar-refractivity contribution in [1.29, 1.82) is 0 Å². The molecule has 0 radical (unpaired) electrons. The summed E-state index contributed by atoms with van der Waals surface area (Å²) in [5.74, 6) is 0.849. The van der Waals surface area contributed by atoms with Crippen LogP contribution in [0, 0.1) is 0 Å². The molecule has 2 N–H and O–H groups in total. The Balaban J connectivity index is 2.39. The Morgan fingerprint density at radius 2 is 1.94 bits per heavy atom. The fourth-order valence-electron chi connectivity index (χ4n) is 1.33. The summed E-state index contributed by atoms with van der Waals surface area (Å²) in [6.07, 6.45) is 0.249. The molecule has 0 aliphatic heterocycles. The van der Waals surface area contributed by atoms with Gasteiger partial charge in [-0.2, -0.15) is 0 Å². The van der Waals surface area contributed by atoms with Gasteiger partial charge in [-0.15, -0.1) is 0 Å². The molecule has 0 aromatic heterocycles. The second kappa shape index (κ2) is 6.51. The van der Waals surface area contributed by atoms with Crippen molar-refractivity contribution < 1.29 is 9.47 Å². The average molecular weight is 223 g/mol. The zero-order valence-electron chi connectivity index (χ0n) is 10.3. The van der Waals surface area contributed by atoms with Crippen LogP contribution in [-0.2, 0) is 4.74 Å². The summed E-state index contributed by atoms with van der Waals surface area (Å²) in [7, 11) is 0. The molecule has 0 fully saturated rings. The molecule has 0 aliphatic rings. The summed E-state index contributed by atoms with van der Waals surface area (Å²) >= 11 is 0. The van der Waals surface area contributed by atoms with E-state index in [1.165, 1.54) is 0 Å². The molecule has 0 saturated heterocycles. The van der Waals surface area contributed by atoms with E-state index in [1.54, 1.807) is 0 Å². The van der Waals surface area contributed by atoms with Gasteiger partial charge >= 0.3 is 0 Å². The van der Waals surface area contributed by atoms with E-state index in [4.69, 9.17) is 15.2 Å². The van der Waals surface area contributed by atoms with E-state index in [9.17, 15) is 0 Å². The molecule has 0 spiro atoms. The van der Waals surface area contributed by atoms with Crippen LogP contribution in [0.2, 0.25) is 0 Å². The Hall–Kier alpha value is -1.06. The molecule has 1 atom stereocenters. The highest BCUT2D eigenvalue weighted by Gasteiger charge is 2.01. The Bertz CT molecular complexity index is 311. The largest absolute Gasteiger partial charge is 0.491 e. The maximum Gasteiger partial charge on any atom is 0.119 e. The van der Waals surface area contributed by atoms with Crippen LogP contribution in [0.3, 0.4) is 0 Å². The first-order valence-corrected chi connectivity index (χ1v) is 5.69. The van der Waals surface area contributed by atoms with Crippen LogP contribution in [0.15, 0.2) is 24.3 Å². The second-order valence-electron chi connectivity index (χ2n) is 4.13. The van der Waals surface area contributed by atoms with Gasteiger partial charge in [-0.3, -0.25) is 0 Å². The summed E-state index contributed by atoms with van der Waals surface area (Å²) in [6, 6.07) is 7.90. The van der Waals surface area contributed by atoms with Gasteiger partial charge in [0.25, 0.3) is 0 Å². The Labute approximate surface area is 97.6 Å². The molecule has 1 aromatic carbocycles. The molecule has 1 unspecified atom stereocenters. The van der Waals surface area contributed by atoms with Crippen molar-refractivity contribution in [3.8, 4) is 5.75 Å². The van der Waals surface area contributed by atoms with Gasteiger partial charge in [-0.05, 0) is 38.5 Å². The lowest BCUT2D eigenvalue weighted by Gasteiger charge is -2.11. The molecule has 16 heavy (non-hydrogen) atoms. The van der Waals surface area contributed by atoms with Gasteiger partial charge in [0.1, 0.15) is 12.4 Å². The lowest BCUT2D eigenvalue weighted by atomic mass is 10.1. The molecule has 90 valence electrons. The molecule has 1 aromatic rings. The fraction of sp³-hybridized carbons (Fsp3) is 0.538. The highest BCUT2D eigenvalue weighted by atomic mass is 16.5. The molecule has 0 heterocycles. The second-order valence-corrected chi connectivity index (χ2v) is 4.13. The first kappa shape index (κ1) is 13.0. The van der Waals surface area contributed by atoms with Crippen LogP contribution >= 0.6 is 0 Å². The van der Waals surface area contributed by atoms with E-state index in [2.05, 4.69) is 0 Å². The van der Waals surface area contributed by atoms with Gasteiger partial charge in [0.2, 0.25) is 0 Å². The zero-order valence-corrected chi connectivity index (χ0v) is 10.3. The van der Waals surface area contributed by atoms with Crippen molar-refractivity contribution in [2.24, 2.45) is 5.73 Å². The van der Waals surface area contributed by atoms with Crippen LogP contribution in [-0.4, -0.2) is 19.3 Å². The van der Waals surface area contributed by atoms with Crippen LogP contribution < -0.4 is 10.5 Å². The molecular formula is C13H21NO2. The van der Waals surface area contributed by atoms with E-state index < -0.39 is 0 Å². The zero-order chi connectivity index (χ0) is 12.0. The van der Waals surface area contributed by atoms with Crippen LogP contribution in [0.5, 0.6) is 5.75 Å². The molecule has 0 aliphatic carbocycles. The van der Waals surface area contributed by atoms with E-state index in [1.807, 2.05) is 45.0 Å². The molecular weight excluding hydrogens is 202 g/mol. The number of nitrogens with two attached hydrogens (primary N) is 1. The third-order valence-corrected chi connectivity index (χ3v) is 2.19. The quantitative estimate of drug-likeness (QED) is 0.754. The van der Waals surface area contributed by atoms with Crippen molar-refractivity contribution in [2.75, 3.05) is 13.2 Å². The van der Waals surface area contributed by atoms with E-state index in [0.717, 1.165) is 11.3 Å². The van der Waals surface area contributed by atoms with Gasteiger partial charge in [0, 0.05) is 6.04 Å². The maximum absolute atomic E-state index is 5.80. The topological polar surface area (TPSA) is 44.5 Å². The van der Waals surface area contributed by atoms with Crippen LogP contribution in [0.1, 0.15) is 32.4 Å². The highest BCUT2D eigenvalue weighted by molar-refractivity contribution is 5.30. The lowest BCUT2D eigenvalue weighted by Crippen LogP contribution is -2.11. The minimum Gasteiger partial charge on any atom is -0.491 e. The number of benzene rings is 1. The average Bonchev–Trinajstić information content (AvgIpc) is 2.24. The summed E-state index contributed by atoms with van der Waals surface area (Å²) in [5, 5.41) is 0. The number of ether oxygens (including phenoxy) is 2. The first-order valence-electron chi connectivity index (χ1n) is 5.69. The normalized spacial score (nSPS) is 12.8. The third-order valence-electron chi connectivity index (χ3n) is 2.19. The third kappa shape index (κ3) is 4.64. The van der Waals surface area contributed by atoms with Crippen molar-refractivity contribution in [2.45, 2.75) is 32.9 Å². The summed E-state index contributed by atoms with van der Waals surface area (Å²) in [6.45, 7) is 7.16. The fourth-order valence-corrected chi connectivity index (χ4v) is 1.33. The molecule has 3 heteroatoms. The van der Waals surface area contributed by atoms with Gasteiger partial charge in [-0.1, -0.05) is 12.1 Å². The van der Waals surface area contributed by atoms with E-state index in [0.29, 0.717) is 13.2 Å². The molecule has 0 amide bonds. The van der Waals surface area contributed by atoms with E-state index in [-0.39, 0.29) is 12.1 Å². The molecule has 3 nitrogen and oxygen atoms in total.